The van der Waals surface area contributed by atoms with E-state index in [-0.39, 0.29) is 31.8 Å². The van der Waals surface area contributed by atoms with Gasteiger partial charge in [-0.3, -0.25) is 0 Å². The summed E-state index contributed by atoms with van der Waals surface area (Å²) in [6.07, 6.45) is 0. The topological polar surface area (TPSA) is 63.3 Å². The van der Waals surface area contributed by atoms with Crippen molar-refractivity contribution in [3.05, 3.63) is 29.8 Å². The van der Waals surface area contributed by atoms with Gasteiger partial charge in [0.05, 0.1) is 5.56 Å². The normalized spacial score (nSPS) is 8.36. The van der Waals surface area contributed by atoms with Crippen LogP contribution in [0.1, 0.15) is 10.4 Å². The summed E-state index contributed by atoms with van der Waals surface area (Å²) in [5.74, 6) is -0.931. The van der Waals surface area contributed by atoms with Crippen LogP contribution in [0, 0.1) is 0 Å². The average molecular weight is 346 g/mol. The number of hydrogen-bond acceptors (Lipinski definition) is 2. The zero-order chi connectivity index (χ0) is 7.56. The summed E-state index contributed by atoms with van der Waals surface area (Å²) >= 11 is 0. The Morgan fingerprint density at radius 1 is 1.27 bits per heavy atom. The minimum absolute atomic E-state index is 0. The summed E-state index contributed by atoms with van der Waals surface area (Å²) in [5, 5.41) is 8.43. The van der Waals surface area contributed by atoms with E-state index < -0.39 is 5.97 Å². The van der Waals surface area contributed by atoms with E-state index in [0.717, 1.165) is 0 Å². The molecule has 0 heterocycles. The van der Waals surface area contributed by atoms with E-state index in [0.29, 0.717) is 5.69 Å². The Morgan fingerprint density at radius 3 is 2.09 bits per heavy atom. The number of carboxylic acids is 1. The quantitative estimate of drug-likeness (QED) is 0.578. The molecule has 3 N–H and O–H groups in total. The number of aromatic carboxylic acids is 1. The minimum atomic E-state index is -0.931. The Bertz CT molecular complexity index is 245. The number of carbonyl (C=O) groups is 1. The van der Waals surface area contributed by atoms with Crippen LogP contribution in [0.4, 0.5) is 5.69 Å². The second-order valence-electron chi connectivity index (χ2n) is 1.93. The monoisotopic (exact) mass is 346 g/mol. The van der Waals surface area contributed by atoms with Gasteiger partial charge in [-0.25, -0.2) is 4.79 Å². The van der Waals surface area contributed by atoms with E-state index in [2.05, 4.69) is 0 Å². The van der Waals surface area contributed by atoms with Crippen molar-refractivity contribution in [3.63, 3.8) is 0 Å². The van der Waals surface area contributed by atoms with Gasteiger partial charge in [0.2, 0.25) is 0 Å². The maximum Gasteiger partial charge on any atom is 0.335 e. The first-order chi connectivity index (χ1) is 4.70. The van der Waals surface area contributed by atoms with Crippen LogP contribution >= 0.6 is 0 Å². The van der Waals surface area contributed by atoms with Gasteiger partial charge >= 0.3 is 5.97 Å². The Kier molecular flexibility index (Phi) is 4.05. The van der Waals surface area contributed by atoms with E-state index in [1.807, 2.05) is 0 Å². The largest absolute Gasteiger partial charge is 0.478 e. The number of anilines is 1. The molecular weight excluding hydrogens is 339 g/mol. The molecule has 0 aromatic heterocycles. The molecule has 1 aromatic carbocycles. The van der Waals surface area contributed by atoms with Gasteiger partial charge in [-0.05, 0) is 24.3 Å². The molecule has 57 valence electrons. The van der Waals surface area contributed by atoms with Gasteiger partial charge in [0.15, 0.2) is 0 Å². The van der Waals surface area contributed by atoms with Crippen LogP contribution in [0.3, 0.4) is 0 Å². The second-order valence-corrected chi connectivity index (χ2v) is 1.93. The molecule has 4 heteroatoms. The predicted octanol–water partition coefficient (Wildman–Crippen LogP) is 0.586. The van der Waals surface area contributed by atoms with E-state index >= 15 is 0 Å². The zero-order valence-electron chi connectivity index (χ0n) is 5.69. The maximum atomic E-state index is 10.3. The number of benzene rings is 1. The summed E-state index contributed by atoms with van der Waals surface area (Å²) < 4.78 is 0. The first-order valence-electron chi connectivity index (χ1n) is 2.79. The minimum Gasteiger partial charge on any atom is -0.478 e. The molecule has 0 aliphatic rings. The van der Waals surface area contributed by atoms with Crippen molar-refractivity contribution in [2.45, 2.75) is 0 Å². The number of hydrogen-bond donors (Lipinski definition) is 2. The van der Waals surface area contributed by atoms with Crippen molar-refractivity contribution in [1.29, 1.82) is 0 Å². The van der Waals surface area contributed by atoms with Crippen LogP contribution in [0.15, 0.2) is 24.3 Å². The fourth-order valence-electron chi connectivity index (χ4n) is 0.626. The Labute approximate surface area is 83.3 Å². The molecule has 0 bridgehead atoms. The molecule has 11 heavy (non-hydrogen) atoms. The van der Waals surface area contributed by atoms with Gasteiger partial charge in [-0.1, -0.05) is 0 Å². The first kappa shape index (κ1) is 10.4. The molecule has 0 saturated heterocycles. The van der Waals surface area contributed by atoms with Crippen molar-refractivity contribution in [1.82, 2.24) is 0 Å². The molecular formula is C7H7BiNO2. The third kappa shape index (κ3) is 2.85. The maximum absolute atomic E-state index is 10.3. The molecule has 3 nitrogen and oxygen atoms in total. The molecule has 1 aromatic rings. The number of rotatable bonds is 1. The molecule has 0 saturated carbocycles. The van der Waals surface area contributed by atoms with E-state index in [1.165, 1.54) is 12.1 Å². The fourth-order valence-corrected chi connectivity index (χ4v) is 0.626. The molecule has 0 spiro atoms. The third-order valence-corrected chi connectivity index (χ3v) is 1.16. The molecule has 0 aliphatic heterocycles. The number of nitrogen functional groups attached to an aromatic ring is 1. The van der Waals surface area contributed by atoms with Crippen LogP contribution in [-0.2, 0) is 0 Å². The second kappa shape index (κ2) is 4.29. The van der Waals surface area contributed by atoms with Crippen molar-refractivity contribution < 1.29 is 9.90 Å². The van der Waals surface area contributed by atoms with Gasteiger partial charge in [0.25, 0.3) is 0 Å². The van der Waals surface area contributed by atoms with Gasteiger partial charge < -0.3 is 10.8 Å². The zero-order valence-corrected chi connectivity index (χ0v) is 9.17. The van der Waals surface area contributed by atoms with Gasteiger partial charge in [0.1, 0.15) is 0 Å². The first-order valence-corrected chi connectivity index (χ1v) is 2.79. The SMILES string of the molecule is Nc1ccc(C(=O)O)cc1.[Bi]. The smallest absolute Gasteiger partial charge is 0.335 e. The van der Waals surface area contributed by atoms with E-state index in [1.54, 1.807) is 12.1 Å². The number of carboxylic acid groups (broad SMARTS) is 1. The van der Waals surface area contributed by atoms with Gasteiger partial charge in [0, 0.05) is 31.9 Å². The molecule has 0 atom stereocenters. The Balaban J connectivity index is 0.000001000. The van der Waals surface area contributed by atoms with Crippen LogP contribution in [0.25, 0.3) is 0 Å². The summed E-state index contributed by atoms with van der Waals surface area (Å²) in [5.41, 5.74) is 6.17. The molecule has 0 fully saturated rings. The predicted molar refractivity (Wildman–Crippen MR) is 43.6 cm³/mol. The van der Waals surface area contributed by atoms with Crippen molar-refractivity contribution in [2.75, 3.05) is 5.73 Å². The van der Waals surface area contributed by atoms with Crippen LogP contribution in [0.5, 0.6) is 0 Å². The molecule has 0 amide bonds. The summed E-state index contributed by atoms with van der Waals surface area (Å²) in [4.78, 5) is 10.3. The standard InChI is InChI=1S/C7H7NO2.Bi/c8-6-3-1-5(2-4-6)7(9)10;/h1-4H,8H2,(H,9,10);. The van der Waals surface area contributed by atoms with Crippen LogP contribution < -0.4 is 5.73 Å². The molecule has 3 radical (unpaired) electrons. The van der Waals surface area contributed by atoms with Crippen LogP contribution in [-0.4, -0.2) is 37.3 Å². The van der Waals surface area contributed by atoms with Gasteiger partial charge in [-0.15, -0.1) is 0 Å². The summed E-state index contributed by atoms with van der Waals surface area (Å²) in [6, 6.07) is 6.06. The average Bonchev–Trinajstić information content (AvgIpc) is 1.88. The van der Waals surface area contributed by atoms with E-state index in [4.69, 9.17) is 10.8 Å². The Morgan fingerprint density at radius 2 is 1.73 bits per heavy atom. The molecule has 1 rings (SSSR count). The summed E-state index contributed by atoms with van der Waals surface area (Å²) in [7, 11) is 0. The third-order valence-electron chi connectivity index (χ3n) is 1.16. The Hall–Kier alpha value is -0.627. The van der Waals surface area contributed by atoms with Crippen molar-refractivity contribution in [3.8, 4) is 0 Å². The fraction of sp³-hybridized carbons (Fsp3) is 0. The van der Waals surface area contributed by atoms with Gasteiger partial charge in [-0.2, -0.15) is 0 Å². The summed E-state index contributed by atoms with van der Waals surface area (Å²) in [6.45, 7) is 0. The molecule has 0 aliphatic carbocycles. The molecule has 0 unspecified atom stereocenters. The van der Waals surface area contributed by atoms with Crippen molar-refractivity contribution in [2.24, 2.45) is 0 Å². The number of nitrogens with two attached hydrogens (primary N) is 1. The van der Waals surface area contributed by atoms with Crippen LogP contribution in [0.2, 0.25) is 0 Å². The van der Waals surface area contributed by atoms with Crippen molar-refractivity contribution >= 4 is 37.9 Å². The van der Waals surface area contributed by atoms with E-state index in [9.17, 15) is 4.79 Å².